The van der Waals surface area contributed by atoms with Gasteiger partial charge in [-0.1, -0.05) is 90.4 Å². The second kappa shape index (κ2) is 32.5. The van der Waals surface area contributed by atoms with Gasteiger partial charge in [-0.15, -0.1) is 11.3 Å². The Morgan fingerprint density at radius 3 is 2.19 bits per heavy atom. The molecule has 1 aromatic carbocycles. The average molecular weight is 1230 g/mol. The number of ether oxygens (including phenoxy) is 4. The number of oxime groups is 1. The minimum absolute atomic E-state index is 0.102. The SMILES string of the molecule is CCC(C)C(C(CC(=O)N1CCCC1C(OC)C(C)C(=O)NC(Cc1ccccc1)c1nccs1)OC)N(C)C(=O)C(NC(=O)C(C(C)C)N(C)C(=O)CO/N=C/C1OC(CCC2OC(O)C(O)C(O)C2O)(C(=O)O)CC(O)C1NC(C)=O)C(C)C. The van der Waals surface area contributed by atoms with Crippen LogP contribution in [0.2, 0.25) is 0 Å². The summed E-state index contributed by atoms with van der Waals surface area (Å²) in [6, 6.07) is 4.85. The molecule has 3 aliphatic rings. The molecular weight excluding hydrogens is 1140 g/mol. The maximum absolute atomic E-state index is 14.8. The monoisotopic (exact) mass is 1230 g/mol. The number of carboxylic acid groups (broad SMARTS) is 1. The highest BCUT2D eigenvalue weighted by Gasteiger charge is 2.53. The van der Waals surface area contributed by atoms with Gasteiger partial charge in [0.25, 0.3) is 5.91 Å². The van der Waals surface area contributed by atoms with E-state index in [9.17, 15) is 64.2 Å². The number of carbonyl (C=O) groups is 7. The van der Waals surface area contributed by atoms with E-state index in [1.807, 2.05) is 49.6 Å². The van der Waals surface area contributed by atoms with Crippen molar-refractivity contribution >= 4 is 59.0 Å². The topological polar surface area (TPSA) is 358 Å². The molecule has 4 heterocycles. The number of benzene rings is 1. The minimum Gasteiger partial charge on any atom is -0.479 e. The summed E-state index contributed by atoms with van der Waals surface area (Å²) in [5.74, 6) is -6.29. The zero-order valence-electron chi connectivity index (χ0n) is 51.4. The summed E-state index contributed by atoms with van der Waals surface area (Å²) in [6.07, 6.45) is -9.50. The molecule has 5 rings (SSSR count). The van der Waals surface area contributed by atoms with E-state index in [0.29, 0.717) is 32.2 Å². The molecule has 0 saturated carbocycles. The Kier molecular flexibility index (Phi) is 26.8. The molecule has 26 nitrogen and oxygen atoms in total. The first kappa shape index (κ1) is 71.0. The third kappa shape index (κ3) is 17.7. The smallest absolute Gasteiger partial charge is 0.336 e. The summed E-state index contributed by atoms with van der Waals surface area (Å²) in [7, 11) is 6.02. The van der Waals surface area contributed by atoms with Crippen molar-refractivity contribution in [2.24, 2.45) is 28.8 Å². The number of hydrogen-bond donors (Lipinski definition) is 9. The normalized spacial score (nSPS) is 27.1. The Hall–Kier alpha value is -5.75. The largest absolute Gasteiger partial charge is 0.479 e. The lowest BCUT2D eigenvalue weighted by molar-refractivity contribution is -0.284. The highest BCUT2D eigenvalue weighted by atomic mass is 32.1. The van der Waals surface area contributed by atoms with Crippen LogP contribution in [0.1, 0.15) is 117 Å². The first-order valence-corrected chi connectivity index (χ1v) is 30.3. The zero-order valence-corrected chi connectivity index (χ0v) is 52.2. The number of thiazole rings is 1. The fourth-order valence-electron chi connectivity index (χ4n) is 12.0. The van der Waals surface area contributed by atoms with Crippen molar-refractivity contribution in [1.29, 1.82) is 0 Å². The van der Waals surface area contributed by atoms with E-state index in [2.05, 4.69) is 26.1 Å². The number of rotatable bonds is 30. The van der Waals surface area contributed by atoms with Crippen molar-refractivity contribution in [2.45, 2.75) is 204 Å². The van der Waals surface area contributed by atoms with Gasteiger partial charge in [-0.05, 0) is 55.4 Å². The number of nitrogens with zero attached hydrogens (tertiary/aromatic N) is 5. The number of likely N-dealkylation sites (N-methyl/N-ethyl adjacent to an activating group) is 2. The third-order valence-electron chi connectivity index (χ3n) is 17.0. The Labute approximate surface area is 507 Å². The molecule has 482 valence electrons. The van der Waals surface area contributed by atoms with Crippen molar-refractivity contribution < 1.29 is 88.0 Å². The van der Waals surface area contributed by atoms with Crippen LogP contribution in [-0.4, -0.2) is 230 Å². The predicted molar refractivity (Wildman–Crippen MR) is 313 cm³/mol. The van der Waals surface area contributed by atoms with Gasteiger partial charge in [0.05, 0.1) is 67.1 Å². The van der Waals surface area contributed by atoms with Gasteiger partial charge in [0.2, 0.25) is 29.5 Å². The van der Waals surface area contributed by atoms with Crippen LogP contribution >= 0.6 is 11.3 Å². The van der Waals surface area contributed by atoms with Crippen LogP contribution in [0.4, 0.5) is 0 Å². The number of hydrogen-bond acceptors (Lipinski definition) is 20. The van der Waals surface area contributed by atoms with Crippen molar-refractivity contribution in [3.05, 3.63) is 52.5 Å². The quantitative estimate of drug-likeness (QED) is 0.0391. The molecule has 6 amide bonds. The standard InChI is InChI=1S/C59H92N8O18S/c1-13-33(6)48(41(81-11)27-43(70)67-24-17-20-38(67)52(82-12)34(7)53(75)63-37(55-60-23-25-86-55)26-36-18-15-14-16-19-36)66(10)56(77)45(31(2)3)64-54(76)47(32(4)5)65(9)44(71)30-83-61-29-42-46(62-35(8)68)39(69)28-59(85-42,58(79)80)22-21-40-49(72)50(73)51(74)57(78)84-40/h14-16,18-19,23,25,29,31-34,37-42,45-52,57,69,72-74,78H,13,17,20-22,24,26-28,30H2,1-12H3,(H,62,68)(H,63,75)(H,64,76)(H,79,80)/b61-29+. The fourth-order valence-corrected chi connectivity index (χ4v) is 12.7. The molecule has 3 aliphatic heterocycles. The Morgan fingerprint density at radius 2 is 1.60 bits per heavy atom. The van der Waals surface area contributed by atoms with Crippen LogP contribution in [0, 0.1) is 23.7 Å². The Balaban J connectivity index is 1.24. The molecule has 0 aliphatic carbocycles. The lowest BCUT2D eigenvalue weighted by Crippen LogP contribution is -2.64. The molecule has 18 unspecified atom stereocenters. The number of amides is 6. The number of methoxy groups -OCH3 is 2. The van der Waals surface area contributed by atoms with E-state index in [1.54, 1.807) is 59.9 Å². The van der Waals surface area contributed by atoms with Crippen molar-refractivity contribution in [1.82, 2.24) is 35.6 Å². The number of aliphatic hydroxyl groups excluding tert-OH is 5. The summed E-state index contributed by atoms with van der Waals surface area (Å²) in [5, 5.41) is 77.3. The lowest BCUT2D eigenvalue weighted by Gasteiger charge is -2.45. The average Bonchev–Trinajstić information content (AvgIpc) is 1.43. The molecule has 9 N–H and O–H groups in total. The lowest BCUT2D eigenvalue weighted by atomic mass is 9.81. The van der Waals surface area contributed by atoms with E-state index in [4.69, 9.17) is 23.8 Å². The van der Waals surface area contributed by atoms with Gasteiger partial charge in [-0.3, -0.25) is 28.8 Å². The molecular formula is C59H92N8O18S. The van der Waals surface area contributed by atoms with Crippen LogP contribution in [0.25, 0.3) is 0 Å². The Morgan fingerprint density at radius 1 is 0.919 bits per heavy atom. The van der Waals surface area contributed by atoms with Crippen LogP contribution in [-0.2, 0) is 63.8 Å². The van der Waals surface area contributed by atoms with E-state index in [0.717, 1.165) is 28.6 Å². The molecule has 27 heteroatoms. The summed E-state index contributed by atoms with van der Waals surface area (Å²) in [6.45, 7) is 13.5. The van der Waals surface area contributed by atoms with Gasteiger partial charge in [0, 0.05) is 59.8 Å². The minimum atomic E-state index is -2.20. The van der Waals surface area contributed by atoms with Crippen molar-refractivity contribution in [2.75, 3.05) is 41.5 Å². The first-order valence-electron chi connectivity index (χ1n) is 29.4. The molecule has 18 atom stereocenters. The number of nitrogens with one attached hydrogen (secondary N) is 3. The van der Waals surface area contributed by atoms with Gasteiger partial charge in [0.15, 0.2) is 18.5 Å². The molecule has 0 spiro atoms. The molecule has 0 radical (unpaired) electrons. The van der Waals surface area contributed by atoms with E-state index >= 15 is 0 Å². The van der Waals surface area contributed by atoms with Crippen LogP contribution in [0.3, 0.4) is 0 Å². The molecule has 86 heavy (non-hydrogen) atoms. The maximum atomic E-state index is 14.8. The first-order chi connectivity index (χ1) is 40.6. The van der Waals surface area contributed by atoms with Crippen LogP contribution in [0.15, 0.2) is 47.1 Å². The number of aliphatic hydroxyl groups is 5. The van der Waals surface area contributed by atoms with Gasteiger partial charge in [-0.25, -0.2) is 9.78 Å². The van der Waals surface area contributed by atoms with Crippen molar-refractivity contribution in [3.63, 3.8) is 0 Å². The second-order valence-electron chi connectivity index (χ2n) is 23.6. The predicted octanol–water partition coefficient (Wildman–Crippen LogP) is 1.15. The van der Waals surface area contributed by atoms with Gasteiger partial charge < -0.3 is 85.1 Å². The van der Waals surface area contributed by atoms with E-state index in [1.165, 1.54) is 30.4 Å². The molecule has 0 bridgehead atoms. The van der Waals surface area contributed by atoms with Crippen LogP contribution in [0.5, 0.6) is 0 Å². The van der Waals surface area contributed by atoms with Crippen LogP contribution < -0.4 is 16.0 Å². The van der Waals surface area contributed by atoms with Crippen molar-refractivity contribution in [3.8, 4) is 0 Å². The highest BCUT2D eigenvalue weighted by Crippen LogP contribution is 2.37. The summed E-state index contributed by atoms with van der Waals surface area (Å²) < 4.78 is 23.3. The molecule has 2 aromatic rings. The van der Waals surface area contributed by atoms with E-state index in [-0.39, 0.29) is 36.6 Å². The summed E-state index contributed by atoms with van der Waals surface area (Å²) in [4.78, 5) is 111. The van der Waals surface area contributed by atoms with Gasteiger partial charge in [0.1, 0.15) is 41.5 Å². The number of aliphatic carboxylic acids is 1. The molecule has 3 fully saturated rings. The third-order valence-corrected chi connectivity index (χ3v) is 17.9. The maximum Gasteiger partial charge on any atom is 0.336 e. The fraction of sp³-hybridized carbons (Fsp3) is 0.712. The number of carbonyl (C=O) groups excluding carboxylic acids is 6. The van der Waals surface area contributed by atoms with E-state index < -0.39 is 158 Å². The van der Waals surface area contributed by atoms with Gasteiger partial charge in [-0.2, -0.15) is 0 Å². The highest BCUT2D eigenvalue weighted by molar-refractivity contribution is 7.09. The number of carboxylic acids is 1. The number of likely N-dealkylation sites (tertiary alicyclic amines) is 1. The number of aromatic nitrogens is 1. The molecule has 3 saturated heterocycles. The molecule has 1 aromatic heterocycles. The second-order valence-corrected chi connectivity index (χ2v) is 24.5. The van der Waals surface area contributed by atoms with Gasteiger partial charge >= 0.3 is 5.97 Å². The Bertz CT molecular complexity index is 2570. The summed E-state index contributed by atoms with van der Waals surface area (Å²) >= 11 is 1.46. The summed E-state index contributed by atoms with van der Waals surface area (Å²) in [5.41, 5.74) is -1.17. The zero-order chi connectivity index (χ0) is 63.9.